The lowest BCUT2D eigenvalue weighted by molar-refractivity contribution is -0.116. The second-order valence-electron chi connectivity index (χ2n) is 9.17. The van der Waals surface area contributed by atoms with E-state index in [0.29, 0.717) is 16.8 Å². The number of nitrogens with zero attached hydrogens (tertiary/aromatic N) is 4. The maximum Gasteiger partial charge on any atom is 0.261 e. The first-order chi connectivity index (χ1) is 17.4. The summed E-state index contributed by atoms with van der Waals surface area (Å²) in [5.74, 6) is -0.258. The Hall–Kier alpha value is -4.43. The van der Waals surface area contributed by atoms with E-state index in [4.69, 9.17) is 0 Å². The number of aromatic nitrogens is 3. The maximum absolute atomic E-state index is 13.4. The Balaban J connectivity index is 1.40. The van der Waals surface area contributed by atoms with Crippen LogP contribution in [0.1, 0.15) is 5.56 Å². The van der Waals surface area contributed by atoms with Crippen LogP contribution in [0.5, 0.6) is 0 Å². The summed E-state index contributed by atoms with van der Waals surface area (Å²) in [6.45, 7) is 0.694. The molecular formula is C28H28N6O2. The smallest absolute Gasteiger partial charge is 0.261 e. The fraction of sp³-hybridized carbons (Fsp3) is 0.179. The normalized spacial score (nSPS) is 11.3. The minimum absolute atomic E-state index is 0.0807. The number of amides is 1. The summed E-state index contributed by atoms with van der Waals surface area (Å²) in [4.78, 5) is 28.3. The van der Waals surface area contributed by atoms with Gasteiger partial charge in [-0.1, -0.05) is 24.3 Å². The average molecular weight is 481 g/mol. The van der Waals surface area contributed by atoms with E-state index < -0.39 is 0 Å². The van der Waals surface area contributed by atoms with Gasteiger partial charge in [0.15, 0.2) is 0 Å². The lowest BCUT2D eigenvalue weighted by Gasteiger charge is -2.13. The Morgan fingerprint density at radius 1 is 0.972 bits per heavy atom. The van der Waals surface area contributed by atoms with E-state index in [-0.39, 0.29) is 18.0 Å². The summed E-state index contributed by atoms with van der Waals surface area (Å²) in [7, 11) is 5.90. The van der Waals surface area contributed by atoms with Crippen molar-refractivity contribution in [3.05, 3.63) is 95.0 Å². The summed E-state index contributed by atoms with van der Waals surface area (Å²) in [6, 6.07) is 21.2. The molecule has 3 aromatic carbocycles. The number of aryl methyl sites for hydroxylation is 1. The van der Waals surface area contributed by atoms with Crippen molar-refractivity contribution >= 4 is 44.6 Å². The molecule has 0 saturated heterocycles. The van der Waals surface area contributed by atoms with Crippen molar-refractivity contribution in [2.24, 2.45) is 7.05 Å². The summed E-state index contributed by atoms with van der Waals surface area (Å²) in [6.07, 6.45) is 3.48. The number of hydrogen-bond donors (Lipinski definition) is 2. The molecule has 2 N–H and O–H groups in total. The zero-order chi connectivity index (χ0) is 25.2. The third-order valence-corrected chi connectivity index (χ3v) is 6.05. The molecule has 0 radical (unpaired) electrons. The van der Waals surface area contributed by atoms with Crippen molar-refractivity contribution in [2.45, 2.75) is 13.1 Å². The molecule has 2 heterocycles. The third-order valence-electron chi connectivity index (χ3n) is 6.05. The SMILES string of the molecule is CN(C)Cc1cccc(NC(=O)Cn2ccc3cccc(Nc4ccc5c(cnn5C)c4)c3c2=O)c1. The summed E-state index contributed by atoms with van der Waals surface area (Å²) >= 11 is 0. The number of hydrogen-bond acceptors (Lipinski definition) is 5. The molecule has 5 rings (SSSR count). The number of rotatable bonds is 7. The van der Waals surface area contributed by atoms with E-state index in [0.717, 1.165) is 34.1 Å². The van der Waals surface area contributed by atoms with Crippen molar-refractivity contribution in [1.82, 2.24) is 19.2 Å². The second kappa shape index (κ2) is 9.67. The Morgan fingerprint density at radius 2 is 1.81 bits per heavy atom. The minimum atomic E-state index is -0.258. The van der Waals surface area contributed by atoms with Crippen molar-refractivity contribution in [1.29, 1.82) is 0 Å². The fourth-order valence-corrected chi connectivity index (χ4v) is 4.42. The van der Waals surface area contributed by atoms with Crippen molar-refractivity contribution in [3.8, 4) is 0 Å². The Kier molecular flexibility index (Phi) is 6.26. The molecule has 0 spiro atoms. The summed E-state index contributed by atoms with van der Waals surface area (Å²) in [5, 5.41) is 12.9. The molecule has 0 aliphatic heterocycles. The molecule has 5 aromatic rings. The molecule has 0 unspecified atom stereocenters. The Bertz CT molecular complexity index is 1630. The Labute approximate surface area is 208 Å². The first-order valence-corrected chi connectivity index (χ1v) is 11.7. The molecule has 2 aromatic heterocycles. The number of nitrogens with one attached hydrogen (secondary N) is 2. The molecule has 36 heavy (non-hydrogen) atoms. The molecule has 8 nitrogen and oxygen atoms in total. The largest absolute Gasteiger partial charge is 0.355 e. The number of pyridine rings is 1. The van der Waals surface area contributed by atoms with E-state index in [1.54, 1.807) is 6.20 Å². The van der Waals surface area contributed by atoms with Crippen LogP contribution < -0.4 is 16.2 Å². The number of anilines is 3. The molecule has 0 bridgehead atoms. The van der Waals surface area contributed by atoms with Crippen LogP contribution >= 0.6 is 0 Å². The molecule has 8 heteroatoms. The molecule has 182 valence electrons. The van der Waals surface area contributed by atoms with Gasteiger partial charge in [0, 0.05) is 36.6 Å². The molecule has 0 aliphatic rings. The predicted molar refractivity (Wildman–Crippen MR) is 145 cm³/mol. The van der Waals surface area contributed by atoms with E-state index in [2.05, 4.69) is 20.6 Å². The molecule has 0 aliphatic carbocycles. The second-order valence-corrected chi connectivity index (χ2v) is 9.17. The third kappa shape index (κ3) is 4.85. The zero-order valence-electron chi connectivity index (χ0n) is 20.5. The van der Waals surface area contributed by atoms with E-state index in [1.807, 2.05) is 98.8 Å². The van der Waals surface area contributed by atoms with Gasteiger partial charge in [-0.15, -0.1) is 0 Å². The van der Waals surface area contributed by atoms with Gasteiger partial charge < -0.3 is 20.1 Å². The van der Waals surface area contributed by atoms with Crippen molar-refractivity contribution in [2.75, 3.05) is 24.7 Å². The summed E-state index contributed by atoms with van der Waals surface area (Å²) in [5.41, 5.74) is 4.15. The van der Waals surface area contributed by atoms with Crippen LogP contribution in [-0.2, 0) is 24.9 Å². The highest BCUT2D eigenvalue weighted by Gasteiger charge is 2.12. The van der Waals surface area contributed by atoms with Gasteiger partial charge in [0.05, 0.1) is 22.8 Å². The first-order valence-electron chi connectivity index (χ1n) is 11.7. The lowest BCUT2D eigenvalue weighted by atomic mass is 10.1. The van der Waals surface area contributed by atoms with E-state index in [1.165, 1.54) is 4.57 Å². The van der Waals surface area contributed by atoms with Crippen LogP contribution in [0.25, 0.3) is 21.7 Å². The maximum atomic E-state index is 13.4. The molecular weight excluding hydrogens is 452 g/mol. The van der Waals surface area contributed by atoms with Crippen LogP contribution in [-0.4, -0.2) is 39.3 Å². The standard InChI is InChI=1S/C28H28N6O2/c1-32(2)17-19-6-4-8-22(14-19)31-26(35)18-34-13-12-20-7-5-9-24(27(20)28(34)36)30-23-10-11-25-21(15-23)16-29-33(25)3/h4-16,30H,17-18H2,1-3H3,(H,31,35). The quantitative estimate of drug-likeness (QED) is 0.362. The molecule has 1 amide bonds. The summed E-state index contributed by atoms with van der Waals surface area (Å²) < 4.78 is 3.26. The van der Waals surface area contributed by atoms with Crippen LogP contribution in [0.15, 0.2) is 83.9 Å². The van der Waals surface area contributed by atoms with Gasteiger partial charge in [0.1, 0.15) is 6.54 Å². The van der Waals surface area contributed by atoms with Crippen LogP contribution in [0.3, 0.4) is 0 Å². The topological polar surface area (TPSA) is 84.2 Å². The van der Waals surface area contributed by atoms with Gasteiger partial charge in [0.25, 0.3) is 5.56 Å². The molecule has 0 saturated carbocycles. The highest BCUT2D eigenvalue weighted by Crippen LogP contribution is 2.26. The van der Waals surface area contributed by atoms with E-state index >= 15 is 0 Å². The van der Waals surface area contributed by atoms with E-state index in [9.17, 15) is 9.59 Å². The minimum Gasteiger partial charge on any atom is -0.355 e. The lowest BCUT2D eigenvalue weighted by Crippen LogP contribution is -2.27. The van der Waals surface area contributed by atoms with Gasteiger partial charge >= 0.3 is 0 Å². The molecule has 0 fully saturated rings. The van der Waals surface area contributed by atoms with Gasteiger partial charge in [-0.05, 0) is 67.5 Å². The highest BCUT2D eigenvalue weighted by atomic mass is 16.2. The van der Waals surface area contributed by atoms with Crippen LogP contribution in [0.2, 0.25) is 0 Å². The number of carbonyl (C=O) groups is 1. The highest BCUT2D eigenvalue weighted by molar-refractivity contribution is 5.96. The van der Waals surface area contributed by atoms with Crippen molar-refractivity contribution in [3.63, 3.8) is 0 Å². The van der Waals surface area contributed by atoms with Gasteiger partial charge in [-0.3, -0.25) is 14.3 Å². The van der Waals surface area contributed by atoms with Gasteiger partial charge in [-0.2, -0.15) is 5.10 Å². The Morgan fingerprint density at radius 3 is 2.64 bits per heavy atom. The molecule has 0 atom stereocenters. The average Bonchev–Trinajstić information content (AvgIpc) is 3.20. The van der Waals surface area contributed by atoms with Crippen LogP contribution in [0, 0.1) is 0 Å². The monoisotopic (exact) mass is 480 g/mol. The van der Waals surface area contributed by atoms with Gasteiger partial charge in [0.2, 0.25) is 5.91 Å². The van der Waals surface area contributed by atoms with Crippen LogP contribution in [0.4, 0.5) is 17.1 Å². The zero-order valence-corrected chi connectivity index (χ0v) is 20.5. The number of carbonyl (C=O) groups excluding carboxylic acids is 1. The fourth-order valence-electron chi connectivity index (χ4n) is 4.42. The van der Waals surface area contributed by atoms with Gasteiger partial charge in [-0.25, -0.2) is 0 Å². The number of fused-ring (bicyclic) bond motifs is 2. The first kappa shape index (κ1) is 23.3. The van der Waals surface area contributed by atoms with Crippen molar-refractivity contribution < 1.29 is 4.79 Å². The number of benzene rings is 3. The predicted octanol–water partition coefficient (Wildman–Crippen LogP) is 4.33.